The molecule has 3 aromatic rings. The molecule has 0 bridgehead atoms. The van der Waals surface area contributed by atoms with Crippen LogP contribution in [0.5, 0.6) is 0 Å². The Bertz CT molecular complexity index is 977. The van der Waals surface area contributed by atoms with E-state index in [0.29, 0.717) is 48.0 Å². The standard InChI is InChI=1S/C18H8Cl4N2/c19-11-1-3-16(21)13(6-11)15-9-24-18(5-10(15)8-23)14-7-12(20)2-4-17(14)22/h1-7,9H. The Morgan fingerprint density at radius 1 is 0.750 bits per heavy atom. The molecule has 0 amide bonds. The second-order valence-corrected chi connectivity index (χ2v) is 6.66. The zero-order chi connectivity index (χ0) is 17.3. The Hall–Kier alpha value is -1.76. The Morgan fingerprint density at radius 2 is 1.33 bits per heavy atom. The molecular weight excluding hydrogens is 386 g/mol. The van der Waals surface area contributed by atoms with Gasteiger partial charge in [-0.25, -0.2) is 0 Å². The lowest BCUT2D eigenvalue weighted by Crippen LogP contribution is -1.92. The lowest BCUT2D eigenvalue weighted by atomic mass is 10.0. The fourth-order valence-electron chi connectivity index (χ4n) is 2.31. The molecule has 1 aromatic heterocycles. The molecule has 0 atom stereocenters. The molecule has 2 nitrogen and oxygen atoms in total. The summed E-state index contributed by atoms with van der Waals surface area (Å²) in [5, 5.41) is 11.6. The Morgan fingerprint density at radius 3 is 1.96 bits per heavy atom. The van der Waals surface area contributed by atoms with Crippen LogP contribution in [0.2, 0.25) is 20.1 Å². The number of benzene rings is 2. The van der Waals surface area contributed by atoms with Crippen LogP contribution in [-0.4, -0.2) is 4.98 Å². The zero-order valence-corrected chi connectivity index (χ0v) is 15.0. The van der Waals surface area contributed by atoms with Crippen molar-refractivity contribution in [1.29, 1.82) is 5.26 Å². The third-order valence-corrected chi connectivity index (χ3v) is 4.58. The van der Waals surface area contributed by atoms with Gasteiger partial charge < -0.3 is 0 Å². The first-order valence-corrected chi connectivity index (χ1v) is 8.32. The maximum atomic E-state index is 9.52. The third kappa shape index (κ3) is 3.36. The Kier molecular flexibility index (Phi) is 4.99. The predicted molar refractivity (Wildman–Crippen MR) is 99.9 cm³/mol. The molecule has 0 unspecified atom stereocenters. The van der Waals surface area contributed by atoms with E-state index in [9.17, 15) is 5.26 Å². The first-order valence-electron chi connectivity index (χ1n) is 6.80. The summed E-state index contributed by atoms with van der Waals surface area (Å²) in [6.45, 7) is 0. The number of pyridine rings is 1. The highest BCUT2D eigenvalue weighted by Crippen LogP contribution is 2.35. The summed E-state index contributed by atoms with van der Waals surface area (Å²) in [4.78, 5) is 4.41. The van der Waals surface area contributed by atoms with E-state index in [1.165, 1.54) is 0 Å². The Labute approximate surface area is 159 Å². The molecule has 0 aliphatic heterocycles. The minimum absolute atomic E-state index is 0.417. The number of halogens is 4. The van der Waals surface area contributed by atoms with E-state index >= 15 is 0 Å². The number of nitriles is 1. The monoisotopic (exact) mass is 392 g/mol. The summed E-state index contributed by atoms with van der Waals surface area (Å²) in [6, 6.07) is 14.0. The topological polar surface area (TPSA) is 36.7 Å². The van der Waals surface area contributed by atoms with Gasteiger partial charge in [0.25, 0.3) is 0 Å². The number of rotatable bonds is 2. The van der Waals surface area contributed by atoms with Crippen molar-refractivity contribution in [3.63, 3.8) is 0 Å². The van der Waals surface area contributed by atoms with Crippen LogP contribution in [0.25, 0.3) is 22.4 Å². The van der Waals surface area contributed by atoms with Gasteiger partial charge in [0.05, 0.1) is 22.3 Å². The normalized spacial score (nSPS) is 10.5. The highest BCUT2D eigenvalue weighted by atomic mass is 35.5. The number of nitrogens with zero attached hydrogens (tertiary/aromatic N) is 2. The highest BCUT2D eigenvalue weighted by Gasteiger charge is 2.14. The molecule has 3 rings (SSSR count). The minimum atomic E-state index is 0.417. The largest absolute Gasteiger partial charge is 0.255 e. The predicted octanol–water partition coefficient (Wildman–Crippen LogP) is 6.90. The van der Waals surface area contributed by atoms with Gasteiger partial charge in [-0.3, -0.25) is 4.98 Å². The summed E-state index contributed by atoms with van der Waals surface area (Å²) in [6.07, 6.45) is 1.59. The van der Waals surface area contributed by atoms with E-state index in [2.05, 4.69) is 11.1 Å². The van der Waals surface area contributed by atoms with Crippen LogP contribution in [0.4, 0.5) is 0 Å². The van der Waals surface area contributed by atoms with Gasteiger partial charge in [0, 0.05) is 38.0 Å². The van der Waals surface area contributed by atoms with E-state index < -0.39 is 0 Å². The molecule has 118 valence electrons. The molecule has 2 aromatic carbocycles. The summed E-state index contributed by atoms with van der Waals surface area (Å²) >= 11 is 24.5. The maximum Gasteiger partial charge on any atom is 0.0999 e. The van der Waals surface area contributed by atoms with Crippen molar-refractivity contribution in [3.8, 4) is 28.5 Å². The third-order valence-electron chi connectivity index (χ3n) is 3.45. The molecule has 1 heterocycles. The summed E-state index contributed by atoms with van der Waals surface area (Å²) in [5.74, 6) is 0. The van der Waals surface area contributed by atoms with E-state index in [1.54, 1.807) is 48.7 Å². The minimum Gasteiger partial charge on any atom is -0.255 e. The molecule has 0 N–H and O–H groups in total. The average molecular weight is 394 g/mol. The quantitative estimate of drug-likeness (QED) is 0.474. The molecule has 24 heavy (non-hydrogen) atoms. The summed E-state index contributed by atoms with van der Waals surface area (Å²) in [7, 11) is 0. The van der Waals surface area contributed by atoms with Crippen LogP contribution in [-0.2, 0) is 0 Å². The van der Waals surface area contributed by atoms with Gasteiger partial charge in [-0.1, -0.05) is 46.4 Å². The number of hydrogen-bond donors (Lipinski definition) is 0. The lowest BCUT2D eigenvalue weighted by molar-refractivity contribution is 1.31. The van der Waals surface area contributed by atoms with E-state index in [-0.39, 0.29) is 0 Å². The molecule has 0 radical (unpaired) electrons. The number of aromatic nitrogens is 1. The van der Waals surface area contributed by atoms with Gasteiger partial charge in [-0.05, 0) is 42.5 Å². The second kappa shape index (κ2) is 7.01. The smallest absolute Gasteiger partial charge is 0.0999 e. The van der Waals surface area contributed by atoms with Crippen molar-refractivity contribution >= 4 is 46.4 Å². The van der Waals surface area contributed by atoms with Crippen LogP contribution in [0, 0.1) is 11.3 Å². The zero-order valence-electron chi connectivity index (χ0n) is 12.0. The first kappa shape index (κ1) is 17.1. The Balaban J connectivity index is 2.18. The number of hydrogen-bond acceptors (Lipinski definition) is 2. The molecule has 0 fully saturated rings. The van der Waals surface area contributed by atoms with Gasteiger partial charge in [0.15, 0.2) is 0 Å². The summed E-state index contributed by atoms with van der Waals surface area (Å²) < 4.78 is 0. The molecular formula is C18H8Cl4N2. The van der Waals surface area contributed by atoms with E-state index in [0.717, 1.165) is 0 Å². The first-order chi connectivity index (χ1) is 11.5. The lowest BCUT2D eigenvalue weighted by Gasteiger charge is -2.10. The van der Waals surface area contributed by atoms with Crippen LogP contribution >= 0.6 is 46.4 Å². The SMILES string of the molecule is N#Cc1cc(-c2cc(Cl)ccc2Cl)ncc1-c1cc(Cl)ccc1Cl. The van der Waals surface area contributed by atoms with Crippen molar-refractivity contribution < 1.29 is 0 Å². The van der Waals surface area contributed by atoms with Gasteiger partial charge in [-0.2, -0.15) is 5.26 Å². The fraction of sp³-hybridized carbons (Fsp3) is 0. The molecule has 0 spiro atoms. The van der Waals surface area contributed by atoms with Gasteiger partial charge in [0.2, 0.25) is 0 Å². The summed E-state index contributed by atoms with van der Waals surface area (Å²) in [5.41, 5.74) is 2.88. The van der Waals surface area contributed by atoms with Gasteiger partial charge in [0.1, 0.15) is 0 Å². The molecule has 0 saturated carbocycles. The van der Waals surface area contributed by atoms with E-state index in [4.69, 9.17) is 46.4 Å². The van der Waals surface area contributed by atoms with Gasteiger partial charge in [-0.15, -0.1) is 0 Å². The molecule has 0 aliphatic carbocycles. The van der Waals surface area contributed by atoms with Crippen molar-refractivity contribution in [1.82, 2.24) is 4.98 Å². The average Bonchev–Trinajstić information content (AvgIpc) is 2.58. The van der Waals surface area contributed by atoms with Crippen LogP contribution in [0.3, 0.4) is 0 Å². The van der Waals surface area contributed by atoms with Crippen molar-refractivity contribution in [2.75, 3.05) is 0 Å². The second-order valence-electron chi connectivity index (χ2n) is 4.98. The van der Waals surface area contributed by atoms with Gasteiger partial charge >= 0.3 is 0 Å². The van der Waals surface area contributed by atoms with Crippen molar-refractivity contribution in [2.45, 2.75) is 0 Å². The van der Waals surface area contributed by atoms with E-state index in [1.807, 2.05) is 0 Å². The van der Waals surface area contributed by atoms with Crippen LogP contribution < -0.4 is 0 Å². The van der Waals surface area contributed by atoms with Crippen molar-refractivity contribution in [3.05, 3.63) is 74.3 Å². The van der Waals surface area contributed by atoms with Crippen LogP contribution in [0.1, 0.15) is 5.56 Å². The highest BCUT2D eigenvalue weighted by molar-refractivity contribution is 6.36. The molecule has 0 aliphatic rings. The maximum absolute atomic E-state index is 9.52. The van der Waals surface area contributed by atoms with Crippen molar-refractivity contribution in [2.24, 2.45) is 0 Å². The van der Waals surface area contributed by atoms with Crippen LogP contribution in [0.15, 0.2) is 48.7 Å². The molecule has 6 heteroatoms. The molecule has 0 saturated heterocycles. The fourth-order valence-corrected chi connectivity index (χ4v) is 3.09.